The van der Waals surface area contributed by atoms with E-state index in [0.29, 0.717) is 11.3 Å². The Balaban J connectivity index is 2.69. The molecule has 23 heavy (non-hydrogen) atoms. The minimum atomic E-state index is -1.34. The first-order valence-electron chi connectivity index (χ1n) is 6.61. The summed E-state index contributed by atoms with van der Waals surface area (Å²) in [5.41, 5.74) is -0.434. The molecule has 1 heterocycles. The lowest BCUT2D eigenvalue weighted by Gasteiger charge is -2.27. The molecule has 0 spiro atoms. The Kier molecular flexibility index (Phi) is 5.16. The summed E-state index contributed by atoms with van der Waals surface area (Å²) in [5, 5.41) is 8.68. The van der Waals surface area contributed by atoms with Gasteiger partial charge in [0.25, 0.3) is 11.8 Å². The molecule has 1 aromatic carbocycles. The van der Waals surface area contributed by atoms with Crippen LogP contribution < -0.4 is 0 Å². The normalized spacial score (nSPS) is 16.5. The average Bonchev–Trinajstić information content (AvgIpc) is 2.75. The average molecular weight is 399 g/mol. The smallest absolute Gasteiger partial charge is 0.327 e. The summed E-state index contributed by atoms with van der Waals surface area (Å²) >= 11 is 23.9. The third-order valence-electron chi connectivity index (χ3n) is 3.85. The molecule has 5 nitrogen and oxygen atoms in total. The number of carboxylic acids is 1. The highest BCUT2D eigenvalue weighted by Gasteiger charge is 2.48. The van der Waals surface area contributed by atoms with Crippen molar-refractivity contribution in [2.24, 2.45) is 5.92 Å². The summed E-state index contributed by atoms with van der Waals surface area (Å²) in [7, 11) is 0. The number of nitrogens with zero attached hydrogens (tertiary/aromatic N) is 1. The van der Waals surface area contributed by atoms with Crippen molar-refractivity contribution in [1.82, 2.24) is 4.90 Å². The number of benzene rings is 1. The Hall–Kier alpha value is -1.01. The highest BCUT2D eigenvalue weighted by atomic mass is 35.5. The monoisotopic (exact) mass is 397 g/mol. The number of imide groups is 1. The van der Waals surface area contributed by atoms with Crippen LogP contribution >= 0.6 is 46.4 Å². The van der Waals surface area contributed by atoms with E-state index in [1.54, 1.807) is 13.8 Å². The highest BCUT2D eigenvalue weighted by Crippen LogP contribution is 2.45. The molecule has 0 saturated carbocycles. The van der Waals surface area contributed by atoms with Crippen molar-refractivity contribution in [1.29, 1.82) is 0 Å². The van der Waals surface area contributed by atoms with E-state index in [0.717, 1.165) is 0 Å². The first-order valence-corrected chi connectivity index (χ1v) is 8.12. The summed E-state index contributed by atoms with van der Waals surface area (Å²) < 4.78 is 0. The fourth-order valence-corrected chi connectivity index (χ4v) is 3.47. The maximum atomic E-state index is 12.6. The molecule has 124 valence electrons. The van der Waals surface area contributed by atoms with Crippen LogP contribution in [0.25, 0.3) is 0 Å². The molecular weight excluding hydrogens is 388 g/mol. The lowest BCUT2D eigenvalue weighted by atomic mass is 9.98. The number of hydrogen-bond donors (Lipinski definition) is 1. The molecular formula is C14H11Cl4NO4. The number of hydrogen-bond acceptors (Lipinski definition) is 3. The summed E-state index contributed by atoms with van der Waals surface area (Å²) in [6.45, 7) is 3.39. The second-order valence-corrected chi connectivity index (χ2v) is 6.67. The zero-order valence-electron chi connectivity index (χ0n) is 12.0. The van der Waals surface area contributed by atoms with Crippen LogP contribution in [0.15, 0.2) is 0 Å². The van der Waals surface area contributed by atoms with Crippen LogP contribution in [0, 0.1) is 5.92 Å². The van der Waals surface area contributed by atoms with Crippen molar-refractivity contribution in [3.8, 4) is 0 Å². The van der Waals surface area contributed by atoms with Crippen molar-refractivity contribution >= 4 is 64.2 Å². The van der Waals surface area contributed by atoms with Crippen LogP contribution in [0.2, 0.25) is 20.1 Å². The number of amides is 2. The number of carboxylic acid groups (broad SMARTS) is 1. The number of carbonyl (C=O) groups is 3. The third-order valence-corrected chi connectivity index (χ3v) is 5.65. The zero-order chi connectivity index (χ0) is 17.6. The number of fused-ring (bicyclic) bond motifs is 1. The molecule has 0 radical (unpaired) electrons. The van der Waals surface area contributed by atoms with E-state index in [9.17, 15) is 19.5 Å². The molecule has 0 unspecified atom stereocenters. The maximum absolute atomic E-state index is 12.6. The van der Waals surface area contributed by atoms with E-state index in [1.165, 1.54) is 0 Å². The largest absolute Gasteiger partial charge is 0.480 e. The second kappa shape index (κ2) is 6.48. The fourth-order valence-electron chi connectivity index (χ4n) is 2.45. The van der Waals surface area contributed by atoms with Crippen LogP contribution in [0.5, 0.6) is 0 Å². The molecule has 9 heteroatoms. The van der Waals surface area contributed by atoms with Gasteiger partial charge in [-0.3, -0.25) is 14.5 Å². The van der Waals surface area contributed by atoms with Gasteiger partial charge in [-0.15, -0.1) is 0 Å². The van der Waals surface area contributed by atoms with E-state index in [1.807, 2.05) is 0 Å². The van der Waals surface area contributed by atoms with Crippen LogP contribution in [-0.4, -0.2) is 33.8 Å². The Morgan fingerprint density at radius 1 is 1.00 bits per heavy atom. The van der Waals surface area contributed by atoms with Crippen LogP contribution in [-0.2, 0) is 4.79 Å². The van der Waals surface area contributed by atoms with Crippen molar-refractivity contribution in [3.63, 3.8) is 0 Å². The summed E-state index contributed by atoms with van der Waals surface area (Å²) in [6.07, 6.45) is 0.452. The SMILES string of the molecule is CC[C@@H](C)[C@@H](C(=O)O)N1C(=O)c2c(Cl)c(Cl)c(Cl)c(Cl)c2C1=O. The van der Waals surface area contributed by atoms with Gasteiger partial charge in [0, 0.05) is 0 Å². The third kappa shape index (κ3) is 2.70. The molecule has 1 aromatic rings. The van der Waals surface area contributed by atoms with Crippen molar-refractivity contribution in [3.05, 3.63) is 31.2 Å². The molecule has 1 N–H and O–H groups in total. The van der Waals surface area contributed by atoms with E-state index < -0.39 is 29.7 Å². The number of rotatable bonds is 4. The van der Waals surface area contributed by atoms with Gasteiger partial charge in [0.15, 0.2) is 0 Å². The van der Waals surface area contributed by atoms with Crippen molar-refractivity contribution in [2.45, 2.75) is 26.3 Å². The zero-order valence-corrected chi connectivity index (χ0v) is 15.0. The van der Waals surface area contributed by atoms with Gasteiger partial charge >= 0.3 is 5.97 Å². The van der Waals surface area contributed by atoms with Gasteiger partial charge in [0.1, 0.15) is 6.04 Å². The molecule has 0 saturated heterocycles. The van der Waals surface area contributed by atoms with Gasteiger partial charge < -0.3 is 5.11 Å². The molecule has 1 aliphatic heterocycles. The Morgan fingerprint density at radius 3 is 1.70 bits per heavy atom. The van der Waals surface area contributed by atoms with Crippen molar-refractivity contribution < 1.29 is 19.5 Å². The summed E-state index contributed by atoms with van der Waals surface area (Å²) in [6, 6.07) is -1.34. The lowest BCUT2D eigenvalue weighted by Crippen LogP contribution is -2.48. The highest BCUT2D eigenvalue weighted by molar-refractivity contribution is 6.55. The van der Waals surface area contributed by atoms with Gasteiger partial charge in [-0.25, -0.2) is 4.79 Å². The van der Waals surface area contributed by atoms with Gasteiger partial charge in [0.05, 0.1) is 31.2 Å². The number of halogens is 4. The van der Waals surface area contributed by atoms with Crippen LogP contribution in [0.3, 0.4) is 0 Å². The van der Waals surface area contributed by atoms with Gasteiger partial charge in [-0.05, 0) is 5.92 Å². The predicted molar refractivity (Wildman–Crippen MR) is 87.9 cm³/mol. The molecule has 0 fully saturated rings. The van der Waals surface area contributed by atoms with Crippen LogP contribution in [0.1, 0.15) is 41.0 Å². The minimum absolute atomic E-state index is 0.157. The molecule has 0 bridgehead atoms. The molecule has 1 aliphatic rings. The number of carbonyl (C=O) groups excluding carboxylic acids is 2. The Morgan fingerprint density at radius 2 is 1.39 bits per heavy atom. The summed E-state index contributed by atoms with van der Waals surface area (Å²) in [5.74, 6) is -3.44. The van der Waals surface area contributed by atoms with Crippen LogP contribution in [0.4, 0.5) is 0 Å². The van der Waals surface area contributed by atoms with Crippen molar-refractivity contribution in [2.75, 3.05) is 0 Å². The first-order chi connectivity index (χ1) is 10.6. The molecule has 2 atom stereocenters. The first kappa shape index (κ1) is 18.3. The standard InChI is InChI=1S/C14H11Cl4NO4/c1-3-4(2)11(14(22)23)19-12(20)5-6(13(19)21)8(16)10(18)9(17)7(5)15/h4,11H,3H2,1-2H3,(H,22,23)/t4-,11+/m1/s1. The van der Waals surface area contributed by atoms with E-state index in [2.05, 4.69) is 0 Å². The van der Waals surface area contributed by atoms with E-state index in [-0.39, 0.29) is 31.2 Å². The fraction of sp³-hybridized carbons (Fsp3) is 0.357. The predicted octanol–water partition coefficient (Wildman–Crippen LogP) is 4.40. The lowest BCUT2D eigenvalue weighted by molar-refractivity contribution is -0.143. The van der Waals surface area contributed by atoms with Gasteiger partial charge in [0.2, 0.25) is 0 Å². The second-order valence-electron chi connectivity index (χ2n) is 5.15. The van der Waals surface area contributed by atoms with Gasteiger partial charge in [-0.2, -0.15) is 0 Å². The summed E-state index contributed by atoms with van der Waals surface area (Å²) in [4.78, 5) is 37.4. The van der Waals surface area contributed by atoms with E-state index >= 15 is 0 Å². The molecule has 2 amide bonds. The topological polar surface area (TPSA) is 74.7 Å². The Labute approximate surface area is 152 Å². The number of aliphatic carboxylic acids is 1. The quantitative estimate of drug-likeness (QED) is 0.463. The van der Waals surface area contributed by atoms with E-state index in [4.69, 9.17) is 46.4 Å². The van der Waals surface area contributed by atoms with Gasteiger partial charge in [-0.1, -0.05) is 66.7 Å². The molecule has 0 aromatic heterocycles. The molecule has 0 aliphatic carbocycles. The Bertz CT molecular complexity index is 687. The minimum Gasteiger partial charge on any atom is -0.480 e. The maximum Gasteiger partial charge on any atom is 0.327 e. The molecule has 2 rings (SSSR count).